The zero-order valence-corrected chi connectivity index (χ0v) is 28.3. The molecule has 8 bridgehead atoms. The minimum absolute atomic E-state index is 0. The Hall–Kier alpha value is -3.96. The first-order chi connectivity index (χ1) is 20.8. The van der Waals surface area contributed by atoms with Crippen molar-refractivity contribution in [3.63, 3.8) is 0 Å². The van der Waals surface area contributed by atoms with Gasteiger partial charge in [-0.1, -0.05) is 0 Å². The summed E-state index contributed by atoms with van der Waals surface area (Å²) in [7, 11) is 0. The molecule has 1 aliphatic heterocycles. The Morgan fingerprint density at radius 2 is 1.02 bits per heavy atom. The van der Waals surface area contributed by atoms with Crippen molar-refractivity contribution in [3.05, 3.63) is 88.7 Å². The lowest BCUT2D eigenvalue weighted by Gasteiger charge is -2.05. The zero-order valence-electron chi connectivity index (χ0n) is 26.7. The highest BCUT2D eigenvalue weighted by atomic mass is 35.5. The van der Waals surface area contributed by atoms with E-state index in [2.05, 4.69) is 19.9 Å². The summed E-state index contributed by atoms with van der Waals surface area (Å²) in [5.74, 6) is -1.80. The average Bonchev–Trinajstić information content (AvgIpc) is 3.59. The van der Waals surface area contributed by atoms with Crippen LogP contribution in [0.5, 0.6) is 0 Å². The van der Waals surface area contributed by atoms with Crippen LogP contribution in [0.1, 0.15) is 106 Å². The lowest BCUT2D eigenvalue weighted by Crippen LogP contribution is -2.14. The fourth-order valence-electron chi connectivity index (χ4n) is 6.48. The first-order valence-corrected chi connectivity index (χ1v) is 14.8. The first-order valence-electron chi connectivity index (χ1n) is 14.8. The Labute approximate surface area is 278 Å². The van der Waals surface area contributed by atoms with Crippen molar-refractivity contribution in [2.75, 3.05) is 0 Å². The number of aromatic nitrogens is 4. The van der Waals surface area contributed by atoms with Crippen LogP contribution < -0.4 is 21.4 Å². The largest absolute Gasteiger partial charge is 0.481 e. The van der Waals surface area contributed by atoms with Crippen molar-refractivity contribution < 1.29 is 30.0 Å². The standard InChI is InChI=1S/C34H40N4O6.2ClH/c1-15-21(7-9-31(41)42)27-14-28-22(8-10-32(43)44)16(2)24(36-28)12-29-34(20(6)40)18(4)26(38-29)13-30-33(19(5)39)17(3)25(37-30)11-23(15)35-27;;/h11-14,19-20,35-40H,7-10H2,1-6H3,(H,41,42)(H,43,44);2*1H. The number of aliphatic hydroxyl groups is 2. The number of carbonyl (C=O) groups is 2. The molecule has 2 unspecified atom stereocenters. The molecule has 12 heteroatoms. The summed E-state index contributed by atoms with van der Waals surface area (Å²) < 4.78 is 0. The van der Waals surface area contributed by atoms with E-state index in [0.717, 1.165) is 83.3 Å². The third-order valence-corrected chi connectivity index (χ3v) is 8.81. The van der Waals surface area contributed by atoms with E-state index in [4.69, 9.17) is 0 Å². The van der Waals surface area contributed by atoms with Crippen molar-refractivity contribution in [2.24, 2.45) is 0 Å². The maximum absolute atomic E-state index is 11.6. The maximum Gasteiger partial charge on any atom is 0.303 e. The van der Waals surface area contributed by atoms with E-state index in [-0.39, 0.29) is 37.7 Å². The second-order valence-electron chi connectivity index (χ2n) is 11.8. The molecule has 0 saturated heterocycles. The summed E-state index contributed by atoms with van der Waals surface area (Å²) in [6.45, 7) is 11.2. The number of nitrogens with one attached hydrogen (secondary N) is 4. The van der Waals surface area contributed by atoms with Gasteiger partial charge in [0.25, 0.3) is 0 Å². The highest BCUT2D eigenvalue weighted by Gasteiger charge is 2.20. The molecule has 0 aliphatic carbocycles. The summed E-state index contributed by atoms with van der Waals surface area (Å²) in [5, 5.41) is 43.6. The van der Waals surface area contributed by atoms with Crippen LogP contribution in [0.2, 0.25) is 0 Å². The molecular formula is C34H42Cl2N4O6. The van der Waals surface area contributed by atoms with Gasteiger partial charge in [0, 0.05) is 68.1 Å². The van der Waals surface area contributed by atoms with Gasteiger partial charge in [-0.3, -0.25) is 9.59 Å². The van der Waals surface area contributed by atoms with Gasteiger partial charge >= 0.3 is 11.9 Å². The lowest BCUT2D eigenvalue weighted by atomic mass is 10.0. The topological polar surface area (TPSA) is 178 Å². The van der Waals surface area contributed by atoms with Crippen molar-refractivity contribution >= 4 is 61.1 Å². The van der Waals surface area contributed by atoms with E-state index >= 15 is 0 Å². The molecule has 0 aromatic carbocycles. The fraction of sp³-hybridized carbons (Fsp3) is 0.353. The second-order valence-corrected chi connectivity index (χ2v) is 11.8. The number of hydrogen-bond donors (Lipinski definition) is 8. The molecule has 8 N–H and O–H groups in total. The molecular weight excluding hydrogens is 631 g/mol. The van der Waals surface area contributed by atoms with Gasteiger partial charge in [0.1, 0.15) is 0 Å². The molecule has 46 heavy (non-hydrogen) atoms. The average molecular weight is 674 g/mol. The predicted octanol–water partition coefficient (Wildman–Crippen LogP) is 2.85. The Morgan fingerprint density at radius 1 is 0.565 bits per heavy atom. The number of H-pyrrole nitrogens is 4. The Bertz CT molecular complexity index is 2040. The van der Waals surface area contributed by atoms with Crippen LogP contribution in [0, 0.1) is 27.7 Å². The molecule has 0 radical (unpaired) electrons. The van der Waals surface area contributed by atoms with Crippen molar-refractivity contribution in [1.29, 1.82) is 0 Å². The van der Waals surface area contributed by atoms with E-state index in [1.807, 2.05) is 52.0 Å². The molecule has 0 amide bonds. The smallest absolute Gasteiger partial charge is 0.303 e. The number of halogens is 2. The first kappa shape index (κ1) is 36.5. The van der Waals surface area contributed by atoms with Gasteiger partial charge in [-0.15, -0.1) is 24.8 Å². The summed E-state index contributed by atoms with van der Waals surface area (Å²) >= 11 is 0. The molecule has 5 heterocycles. The van der Waals surface area contributed by atoms with E-state index in [1.54, 1.807) is 13.8 Å². The third-order valence-electron chi connectivity index (χ3n) is 8.81. The van der Waals surface area contributed by atoms with Crippen LogP contribution in [0.25, 0.3) is 24.3 Å². The van der Waals surface area contributed by atoms with E-state index in [0.29, 0.717) is 18.2 Å². The number of aliphatic hydroxyl groups excluding tert-OH is 2. The van der Waals surface area contributed by atoms with Gasteiger partial charge in [-0.05, 0) is 112 Å². The van der Waals surface area contributed by atoms with Crippen LogP contribution in [-0.2, 0) is 22.4 Å². The summed E-state index contributed by atoms with van der Waals surface area (Å²) in [4.78, 5) is 37.1. The quantitative estimate of drug-likeness (QED) is 0.126. The highest BCUT2D eigenvalue weighted by molar-refractivity contribution is 5.85. The molecule has 0 spiro atoms. The molecule has 0 saturated carbocycles. The van der Waals surface area contributed by atoms with Gasteiger partial charge < -0.3 is 40.4 Å². The van der Waals surface area contributed by atoms with Crippen LogP contribution >= 0.6 is 24.8 Å². The number of aromatic amines is 4. The van der Waals surface area contributed by atoms with E-state index in [9.17, 15) is 30.0 Å². The molecule has 4 aromatic rings. The third kappa shape index (κ3) is 6.90. The van der Waals surface area contributed by atoms with Crippen molar-refractivity contribution in [2.45, 2.75) is 79.4 Å². The van der Waals surface area contributed by atoms with E-state index < -0.39 is 24.1 Å². The molecule has 248 valence electrons. The number of hydrogen-bond acceptors (Lipinski definition) is 4. The minimum Gasteiger partial charge on any atom is -0.481 e. The molecule has 1 aliphatic rings. The van der Waals surface area contributed by atoms with Crippen LogP contribution in [0.15, 0.2) is 0 Å². The molecule has 4 aromatic heterocycles. The van der Waals surface area contributed by atoms with Gasteiger partial charge in [0.2, 0.25) is 0 Å². The van der Waals surface area contributed by atoms with Crippen LogP contribution in [0.4, 0.5) is 0 Å². The van der Waals surface area contributed by atoms with E-state index in [1.165, 1.54) is 0 Å². The SMILES string of the molecule is Cc1c2[nH]c(c1CCC(=O)O)C=c1[nH]c(c(C)c1CCC(=O)O)=Cc1[nH]c(c(C(C)O)c1C)C=c1[nH]c(c(C(C)O)c1C)=C2.Cl.Cl. The molecule has 5 rings (SSSR count). The molecule has 10 nitrogen and oxygen atoms in total. The number of carboxylic acid groups (broad SMARTS) is 2. The molecule has 0 fully saturated rings. The van der Waals surface area contributed by atoms with Gasteiger partial charge in [-0.2, -0.15) is 0 Å². The molecule has 2 atom stereocenters. The summed E-state index contributed by atoms with van der Waals surface area (Å²) in [5.41, 5.74) is 9.79. The minimum atomic E-state index is -0.899. The predicted molar refractivity (Wildman–Crippen MR) is 183 cm³/mol. The van der Waals surface area contributed by atoms with Crippen molar-refractivity contribution in [3.8, 4) is 0 Å². The highest BCUT2D eigenvalue weighted by Crippen LogP contribution is 2.27. The number of carboxylic acids is 2. The summed E-state index contributed by atoms with van der Waals surface area (Å²) in [6.07, 6.45) is 6.78. The van der Waals surface area contributed by atoms with Crippen molar-refractivity contribution in [1.82, 2.24) is 19.9 Å². The van der Waals surface area contributed by atoms with Gasteiger partial charge in [0.05, 0.1) is 12.2 Å². The lowest BCUT2D eigenvalue weighted by molar-refractivity contribution is -0.138. The summed E-state index contributed by atoms with van der Waals surface area (Å²) in [6, 6.07) is 0. The Kier molecular flexibility index (Phi) is 11.3. The van der Waals surface area contributed by atoms with Crippen LogP contribution in [-0.4, -0.2) is 52.3 Å². The number of rotatable bonds is 8. The zero-order chi connectivity index (χ0) is 32.0. The Morgan fingerprint density at radius 3 is 1.61 bits per heavy atom. The number of aliphatic carboxylic acids is 2. The monoisotopic (exact) mass is 672 g/mol. The fourth-order valence-corrected chi connectivity index (χ4v) is 6.48. The van der Waals surface area contributed by atoms with Crippen LogP contribution in [0.3, 0.4) is 0 Å². The maximum atomic E-state index is 11.6. The number of fused-ring (bicyclic) bond motifs is 8. The Balaban J connectivity index is 0.00000288. The van der Waals surface area contributed by atoms with Gasteiger partial charge in [0.15, 0.2) is 0 Å². The normalized spacial score (nSPS) is 13.2. The second kappa shape index (κ2) is 14.2. The van der Waals surface area contributed by atoms with Gasteiger partial charge in [-0.25, -0.2) is 0 Å².